The number of carbonyl (C=O) groups is 4. The highest BCUT2D eigenvalue weighted by molar-refractivity contribution is 9.11. The van der Waals surface area contributed by atoms with Crippen LogP contribution in [0.2, 0.25) is 0 Å². The van der Waals surface area contributed by atoms with E-state index in [2.05, 4.69) is 47.6 Å². The summed E-state index contributed by atoms with van der Waals surface area (Å²) in [5.74, 6) is -1.34. The van der Waals surface area contributed by atoms with Gasteiger partial charge in [-0.2, -0.15) is 0 Å². The average molecular weight is 686 g/mol. The molecule has 0 aliphatic carbocycles. The number of amides is 4. The number of nitrogens with zero attached hydrogens (tertiary/aromatic N) is 3. The van der Waals surface area contributed by atoms with Gasteiger partial charge in [-0.05, 0) is 51.7 Å². The lowest BCUT2D eigenvalue weighted by atomic mass is 10.0. The van der Waals surface area contributed by atoms with Crippen LogP contribution >= 0.6 is 27.5 Å². The molecule has 240 valence electrons. The normalized spacial score (nSPS) is 16.5. The second-order valence-corrected chi connectivity index (χ2v) is 12.7. The number of carbonyl (C=O) groups excluding carboxylic acids is 4. The minimum absolute atomic E-state index is 0.0993. The fraction of sp³-hybridized carbons (Fsp3) is 0.548. The summed E-state index contributed by atoms with van der Waals surface area (Å²) in [4.78, 5) is 57.3. The number of rotatable bonds is 16. The summed E-state index contributed by atoms with van der Waals surface area (Å²) in [6.45, 7) is 21.0. The highest BCUT2D eigenvalue weighted by Crippen LogP contribution is 2.27. The quantitative estimate of drug-likeness (QED) is 0.141. The Labute approximate surface area is 269 Å². The third kappa shape index (κ3) is 12.7. The van der Waals surface area contributed by atoms with E-state index in [4.69, 9.17) is 21.1 Å². The Hall–Kier alpha value is -2.89. The molecule has 10 nitrogen and oxygen atoms in total. The fourth-order valence-electron chi connectivity index (χ4n) is 4.45. The van der Waals surface area contributed by atoms with Gasteiger partial charge in [-0.1, -0.05) is 52.8 Å². The first kappa shape index (κ1) is 38.1. The van der Waals surface area contributed by atoms with Crippen molar-refractivity contribution in [1.29, 1.82) is 0 Å². The van der Waals surface area contributed by atoms with Gasteiger partial charge >= 0.3 is 6.09 Å². The van der Waals surface area contributed by atoms with Crippen molar-refractivity contribution in [2.24, 2.45) is 0 Å². The maximum Gasteiger partial charge on any atom is 0.410 e. The van der Waals surface area contributed by atoms with E-state index in [1.54, 1.807) is 37.8 Å². The minimum Gasteiger partial charge on any atom is -0.444 e. The molecule has 1 saturated heterocycles. The summed E-state index contributed by atoms with van der Waals surface area (Å²) in [5.41, 5.74) is -0.165. The average Bonchev–Trinajstić information content (AvgIpc) is 3.38. The summed E-state index contributed by atoms with van der Waals surface area (Å²) in [6.07, 6.45) is 5.86. The maximum absolute atomic E-state index is 14.0. The number of nitrogens with one attached hydrogen (secondary N) is 1. The number of hydrogen-bond acceptors (Lipinski definition) is 6. The molecule has 4 amide bonds. The smallest absolute Gasteiger partial charge is 0.410 e. The van der Waals surface area contributed by atoms with Gasteiger partial charge in [0.2, 0.25) is 17.7 Å². The Morgan fingerprint density at radius 1 is 1.12 bits per heavy atom. The SMILES string of the molecule is C=CCOCC1CCCN1C(=O)[C@H](C/C(=C/C(=C)Cl)C(=C)Br)N(C)C(=O)CNC(=O)C(CC=C)N(C)C(=O)OC(C)(C)C. The Morgan fingerprint density at radius 3 is 2.30 bits per heavy atom. The zero-order valence-electron chi connectivity index (χ0n) is 26.0. The summed E-state index contributed by atoms with van der Waals surface area (Å²) in [6, 6.07) is -2.04. The first-order valence-electron chi connectivity index (χ1n) is 14.0. The van der Waals surface area contributed by atoms with Crippen LogP contribution < -0.4 is 5.32 Å². The third-order valence-corrected chi connectivity index (χ3v) is 7.32. The van der Waals surface area contributed by atoms with Gasteiger partial charge in [0.25, 0.3) is 0 Å². The zero-order chi connectivity index (χ0) is 32.9. The van der Waals surface area contributed by atoms with Crippen molar-refractivity contribution in [3.8, 4) is 0 Å². The number of hydrogen-bond donors (Lipinski definition) is 1. The van der Waals surface area contributed by atoms with E-state index in [-0.39, 0.29) is 29.8 Å². The molecular weight excluding hydrogens is 640 g/mol. The second kappa shape index (κ2) is 18.0. The first-order chi connectivity index (χ1) is 20.0. The molecule has 3 atom stereocenters. The Kier molecular flexibility index (Phi) is 16.0. The topological polar surface area (TPSA) is 108 Å². The van der Waals surface area contributed by atoms with Crippen LogP contribution in [0.15, 0.2) is 59.6 Å². The van der Waals surface area contributed by atoms with Gasteiger partial charge in [-0.3, -0.25) is 19.3 Å². The Bertz CT molecular complexity index is 1100. The second-order valence-electron chi connectivity index (χ2n) is 11.2. The van der Waals surface area contributed by atoms with Crippen molar-refractivity contribution < 1.29 is 28.7 Å². The summed E-state index contributed by atoms with van der Waals surface area (Å²) < 4.78 is 11.5. The van der Waals surface area contributed by atoms with Gasteiger partial charge in [0.05, 0.1) is 25.8 Å². The predicted molar refractivity (Wildman–Crippen MR) is 174 cm³/mol. The molecule has 1 aliphatic rings. The van der Waals surface area contributed by atoms with Crippen LogP contribution in [0.4, 0.5) is 4.79 Å². The van der Waals surface area contributed by atoms with E-state index >= 15 is 0 Å². The summed E-state index contributed by atoms with van der Waals surface area (Å²) in [7, 11) is 2.95. The van der Waals surface area contributed by atoms with E-state index in [9.17, 15) is 19.2 Å². The highest BCUT2D eigenvalue weighted by Gasteiger charge is 2.37. The van der Waals surface area contributed by atoms with Crippen LogP contribution in [0.5, 0.6) is 0 Å². The largest absolute Gasteiger partial charge is 0.444 e. The van der Waals surface area contributed by atoms with Gasteiger partial charge in [-0.15, -0.1) is 13.2 Å². The molecule has 1 heterocycles. The number of ether oxygens (including phenoxy) is 2. The van der Waals surface area contributed by atoms with Crippen molar-refractivity contribution in [2.75, 3.05) is 40.4 Å². The zero-order valence-corrected chi connectivity index (χ0v) is 28.3. The third-order valence-electron chi connectivity index (χ3n) is 6.70. The number of allylic oxidation sites excluding steroid dienone is 3. The molecule has 12 heteroatoms. The van der Waals surface area contributed by atoms with E-state index in [0.29, 0.717) is 29.8 Å². The Balaban J connectivity index is 3.18. The first-order valence-corrected chi connectivity index (χ1v) is 15.2. The molecule has 0 aromatic carbocycles. The number of halogens is 2. The Morgan fingerprint density at radius 2 is 1.77 bits per heavy atom. The van der Waals surface area contributed by atoms with Crippen molar-refractivity contribution in [2.45, 2.75) is 70.2 Å². The van der Waals surface area contributed by atoms with Crippen molar-refractivity contribution in [1.82, 2.24) is 20.0 Å². The van der Waals surface area contributed by atoms with Gasteiger partial charge in [0, 0.05) is 36.6 Å². The van der Waals surface area contributed by atoms with Crippen LogP contribution in [-0.4, -0.2) is 103 Å². The predicted octanol–water partition coefficient (Wildman–Crippen LogP) is 4.91. The van der Waals surface area contributed by atoms with Gasteiger partial charge in [0.15, 0.2) is 0 Å². The van der Waals surface area contributed by atoms with Gasteiger partial charge < -0.3 is 24.6 Å². The molecule has 1 rings (SSSR count). The lowest BCUT2D eigenvalue weighted by Gasteiger charge is -2.34. The van der Waals surface area contributed by atoms with Crippen LogP contribution in [-0.2, 0) is 23.9 Å². The maximum atomic E-state index is 14.0. The lowest BCUT2D eigenvalue weighted by molar-refractivity contribution is -0.145. The lowest BCUT2D eigenvalue weighted by Crippen LogP contribution is -2.54. The number of likely N-dealkylation sites (N-methyl/N-ethyl adjacent to an activating group) is 2. The molecule has 0 spiro atoms. The molecule has 0 saturated carbocycles. The molecule has 0 aromatic rings. The van der Waals surface area contributed by atoms with Crippen LogP contribution in [0.25, 0.3) is 0 Å². The molecule has 1 N–H and O–H groups in total. The molecule has 2 unspecified atom stereocenters. The van der Waals surface area contributed by atoms with Crippen molar-refractivity contribution in [3.63, 3.8) is 0 Å². The standard InChI is InChI=1S/C31H46BrClN4O6/c1-10-13-25(36(9)30(41)43-31(5,6)7)28(39)34-19-27(38)35(8)26(18-23(22(4)32)17-21(3)33)29(40)37-15-12-14-24(37)20-42-16-11-2/h10-11,17,24-26H,1-4,12-16,18-20H2,5-9H3,(H,34,39)/b23-17-/t24?,25?,26-/m0/s1. The minimum atomic E-state index is -0.954. The summed E-state index contributed by atoms with van der Waals surface area (Å²) in [5, 5.41) is 2.84. The number of likely N-dealkylation sites (tertiary alicyclic amines) is 1. The monoisotopic (exact) mass is 684 g/mol. The van der Waals surface area contributed by atoms with E-state index < -0.39 is 42.1 Å². The van der Waals surface area contributed by atoms with E-state index in [1.807, 2.05) is 0 Å². The summed E-state index contributed by atoms with van der Waals surface area (Å²) >= 11 is 9.41. The van der Waals surface area contributed by atoms with Crippen LogP contribution in [0, 0.1) is 0 Å². The molecule has 43 heavy (non-hydrogen) atoms. The molecular formula is C31H46BrClN4O6. The highest BCUT2D eigenvalue weighted by atomic mass is 79.9. The molecule has 0 bridgehead atoms. The van der Waals surface area contributed by atoms with Crippen LogP contribution in [0.1, 0.15) is 46.5 Å². The fourth-order valence-corrected chi connectivity index (χ4v) is 4.86. The van der Waals surface area contributed by atoms with E-state index in [1.165, 1.54) is 30.0 Å². The molecule has 1 aliphatic heterocycles. The molecule has 0 aromatic heterocycles. The molecule has 1 fully saturated rings. The van der Waals surface area contributed by atoms with Crippen LogP contribution in [0.3, 0.4) is 0 Å². The van der Waals surface area contributed by atoms with Crippen molar-refractivity contribution in [3.05, 3.63) is 59.6 Å². The van der Waals surface area contributed by atoms with E-state index in [0.717, 1.165) is 12.8 Å². The van der Waals surface area contributed by atoms with Crippen molar-refractivity contribution >= 4 is 51.3 Å². The van der Waals surface area contributed by atoms with Gasteiger partial charge in [-0.25, -0.2) is 4.79 Å². The van der Waals surface area contributed by atoms with Gasteiger partial charge in [0.1, 0.15) is 17.7 Å². The molecule has 0 radical (unpaired) electrons.